The molecule has 1 N–H and O–H groups in total. The molecule has 4 heteroatoms. The fraction of sp³-hybridized carbons (Fsp3) is 0.478. The van der Waals surface area contributed by atoms with Crippen molar-refractivity contribution in [1.29, 1.82) is 0 Å². The van der Waals surface area contributed by atoms with Gasteiger partial charge < -0.3 is 15.0 Å². The maximum atomic E-state index is 14.5. The van der Waals surface area contributed by atoms with Crippen molar-refractivity contribution in [2.24, 2.45) is 0 Å². The van der Waals surface area contributed by atoms with E-state index in [1.165, 1.54) is 31.5 Å². The highest BCUT2D eigenvalue weighted by Crippen LogP contribution is 2.25. The second-order valence-corrected chi connectivity index (χ2v) is 7.75. The van der Waals surface area contributed by atoms with Crippen LogP contribution in [-0.4, -0.2) is 43.8 Å². The normalized spacial score (nSPS) is 20.4. The molecule has 1 atom stereocenters. The molecule has 0 radical (unpaired) electrons. The van der Waals surface area contributed by atoms with Crippen LogP contribution >= 0.6 is 0 Å². The first-order chi connectivity index (χ1) is 13.3. The van der Waals surface area contributed by atoms with Gasteiger partial charge in [-0.05, 0) is 67.6 Å². The van der Waals surface area contributed by atoms with Crippen LogP contribution in [0, 0.1) is 5.82 Å². The Morgan fingerprint density at radius 2 is 1.96 bits per heavy atom. The Labute approximate surface area is 161 Å². The van der Waals surface area contributed by atoms with Crippen LogP contribution in [0.3, 0.4) is 0 Å². The topological polar surface area (TPSA) is 24.5 Å². The molecule has 144 valence electrons. The zero-order valence-electron chi connectivity index (χ0n) is 15.9. The van der Waals surface area contributed by atoms with Crippen molar-refractivity contribution >= 4 is 0 Å². The number of hydrogen-bond donors (Lipinski definition) is 1. The summed E-state index contributed by atoms with van der Waals surface area (Å²) in [7, 11) is 0. The smallest absolute Gasteiger partial charge is 0.131 e. The summed E-state index contributed by atoms with van der Waals surface area (Å²) in [5.74, 6) is -0.153. The van der Waals surface area contributed by atoms with E-state index in [0.717, 1.165) is 50.3 Å². The third-order valence-electron chi connectivity index (χ3n) is 5.71. The van der Waals surface area contributed by atoms with E-state index < -0.39 is 0 Å². The second-order valence-electron chi connectivity index (χ2n) is 7.75. The summed E-state index contributed by atoms with van der Waals surface area (Å²) in [6, 6.07) is 14.2. The Hall–Kier alpha value is -1.75. The summed E-state index contributed by atoms with van der Waals surface area (Å²) < 4.78 is 19.9. The molecule has 27 heavy (non-hydrogen) atoms. The predicted molar refractivity (Wildman–Crippen MR) is 107 cm³/mol. The third kappa shape index (κ3) is 4.95. The van der Waals surface area contributed by atoms with Gasteiger partial charge in [-0.1, -0.05) is 30.3 Å². The summed E-state index contributed by atoms with van der Waals surface area (Å²) in [6.45, 7) is 5.88. The summed E-state index contributed by atoms with van der Waals surface area (Å²) in [6.07, 6.45) is 4.71. The van der Waals surface area contributed by atoms with Gasteiger partial charge in [-0.25, -0.2) is 4.39 Å². The summed E-state index contributed by atoms with van der Waals surface area (Å²) in [5, 5.41) is 3.51. The number of benzene rings is 2. The Kier molecular flexibility index (Phi) is 6.17. The van der Waals surface area contributed by atoms with Gasteiger partial charge in [0, 0.05) is 31.3 Å². The van der Waals surface area contributed by atoms with Crippen LogP contribution in [0.15, 0.2) is 42.5 Å². The average molecular weight is 368 g/mol. The van der Waals surface area contributed by atoms with Crippen LogP contribution in [0.25, 0.3) is 11.1 Å². The quantitative estimate of drug-likeness (QED) is 0.799. The first-order valence-electron chi connectivity index (χ1n) is 10.2. The van der Waals surface area contributed by atoms with E-state index in [9.17, 15) is 4.39 Å². The van der Waals surface area contributed by atoms with Crippen LogP contribution in [-0.2, 0) is 17.7 Å². The van der Waals surface area contributed by atoms with Gasteiger partial charge >= 0.3 is 0 Å². The monoisotopic (exact) mass is 368 g/mol. The minimum absolute atomic E-state index is 0.153. The number of likely N-dealkylation sites (tertiary alicyclic amines) is 1. The second kappa shape index (κ2) is 8.96. The van der Waals surface area contributed by atoms with Crippen LogP contribution in [0.5, 0.6) is 0 Å². The van der Waals surface area contributed by atoms with E-state index in [-0.39, 0.29) is 5.82 Å². The summed E-state index contributed by atoms with van der Waals surface area (Å²) in [5.41, 5.74) is 4.06. The van der Waals surface area contributed by atoms with E-state index in [2.05, 4.69) is 28.4 Å². The highest BCUT2D eigenvalue weighted by molar-refractivity contribution is 5.65. The van der Waals surface area contributed by atoms with Gasteiger partial charge in [-0.3, -0.25) is 0 Å². The number of rotatable bonds is 7. The highest BCUT2D eigenvalue weighted by Gasteiger charge is 2.15. The van der Waals surface area contributed by atoms with Crippen molar-refractivity contribution in [3.8, 4) is 11.1 Å². The number of nitrogens with one attached hydrogen (secondary N) is 1. The maximum Gasteiger partial charge on any atom is 0.131 e. The molecule has 0 aromatic heterocycles. The Balaban J connectivity index is 1.44. The van der Waals surface area contributed by atoms with Gasteiger partial charge in [-0.2, -0.15) is 0 Å². The molecule has 0 spiro atoms. The van der Waals surface area contributed by atoms with Crippen molar-refractivity contribution in [2.45, 2.75) is 38.3 Å². The molecule has 2 saturated heterocycles. The largest absolute Gasteiger partial charge is 0.380 e. The molecule has 2 aromatic carbocycles. The van der Waals surface area contributed by atoms with E-state index in [0.29, 0.717) is 11.6 Å². The van der Waals surface area contributed by atoms with Crippen LogP contribution in [0.4, 0.5) is 4.39 Å². The number of hydrogen-bond acceptors (Lipinski definition) is 3. The summed E-state index contributed by atoms with van der Waals surface area (Å²) in [4.78, 5) is 2.52. The number of nitrogens with zero attached hydrogens (tertiary/aromatic N) is 1. The minimum atomic E-state index is -0.153. The van der Waals surface area contributed by atoms with E-state index in [1.807, 2.05) is 18.2 Å². The van der Waals surface area contributed by atoms with E-state index in [4.69, 9.17) is 4.74 Å². The van der Waals surface area contributed by atoms with Crippen LogP contribution in [0.2, 0.25) is 0 Å². The lowest BCUT2D eigenvalue weighted by Crippen LogP contribution is -2.28. The van der Waals surface area contributed by atoms with Crippen molar-refractivity contribution in [2.75, 3.05) is 32.8 Å². The van der Waals surface area contributed by atoms with E-state index >= 15 is 0 Å². The molecule has 0 amide bonds. The van der Waals surface area contributed by atoms with Crippen molar-refractivity contribution in [3.05, 3.63) is 59.4 Å². The fourth-order valence-electron chi connectivity index (χ4n) is 4.05. The molecule has 0 saturated carbocycles. The first kappa shape index (κ1) is 18.6. The van der Waals surface area contributed by atoms with Gasteiger partial charge in [0.25, 0.3) is 0 Å². The maximum absolute atomic E-state index is 14.5. The molecule has 0 aliphatic carbocycles. The van der Waals surface area contributed by atoms with Crippen LogP contribution in [0.1, 0.15) is 30.4 Å². The Bertz CT molecular complexity index is 752. The van der Waals surface area contributed by atoms with Gasteiger partial charge in [0.05, 0.1) is 6.61 Å². The zero-order chi connectivity index (χ0) is 18.5. The zero-order valence-corrected chi connectivity index (χ0v) is 15.9. The molecular weight excluding hydrogens is 339 g/mol. The van der Waals surface area contributed by atoms with Crippen molar-refractivity contribution in [3.63, 3.8) is 0 Å². The Morgan fingerprint density at radius 1 is 1.07 bits per heavy atom. The Morgan fingerprint density at radius 3 is 2.78 bits per heavy atom. The molecule has 2 aliphatic heterocycles. The number of halogens is 1. The molecule has 2 aromatic rings. The fourth-order valence-corrected chi connectivity index (χ4v) is 4.05. The van der Waals surface area contributed by atoms with Crippen molar-refractivity contribution in [1.82, 2.24) is 10.2 Å². The standard InChI is InChI=1S/C23H29FN2O/c24-23-7-6-19(16-25-21-9-13-27-17-21)15-22(23)20-5-3-4-18(14-20)8-12-26-10-1-2-11-26/h3-7,14-15,21,25H,1-2,8-13,16-17H2/t21-/m1/s1. The third-order valence-corrected chi connectivity index (χ3v) is 5.71. The molecule has 2 fully saturated rings. The summed E-state index contributed by atoms with van der Waals surface area (Å²) >= 11 is 0. The molecule has 0 bridgehead atoms. The molecule has 3 nitrogen and oxygen atoms in total. The molecule has 4 rings (SSSR count). The molecule has 2 heterocycles. The lowest BCUT2D eigenvalue weighted by Gasteiger charge is -2.15. The van der Waals surface area contributed by atoms with Gasteiger partial charge in [0.15, 0.2) is 0 Å². The van der Waals surface area contributed by atoms with Crippen molar-refractivity contribution < 1.29 is 9.13 Å². The molecule has 0 unspecified atom stereocenters. The van der Waals surface area contributed by atoms with Gasteiger partial charge in [0.1, 0.15) is 5.82 Å². The lowest BCUT2D eigenvalue weighted by atomic mass is 9.99. The van der Waals surface area contributed by atoms with E-state index in [1.54, 1.807) is 6.07 Å². The predicted octanol–water partition coefficient (Wildman–Crippen LogP) is 4.01. The van der Waals surface area contributed by atoms with Gasteiger partial charge in [-0.15, -0.1) is 0 Å². The molecular formula is C23H29FN2O. The first-order valence-corrected chi connectivity index (χ1v) is 10.2. The average Bonchev–Trinajstić information content (AvgIpc) is 3.40. The molecule has 2 aliphatic rings. The highest BCUT2D eigenvalue weighted by atomic mass is 19.1. The van der Waals surface area contributed by atoms with Gasteiger partial charge in [0.2, 0.25) is 0 Å². The minimum Gasteiger partial charge on any atom is -0.380 e. The SMILES string of the molecule is Fc1ccc(CN[C@@H]2CCOC2)cc1-c1cccc(CCN2CCCC2)c1. The van der Waals surface area contributed by atoms with Crippen LogP contribution < -0.4 is 5.32 Å². The number of ether oxygens (including phenoxy) is 1. The lowest BCUT2D eigenvalue weighted by molar-refractivity contribution is 0.190.